The summed E-state index contributed by atoms with van der Waals surface area (Å²) < 4.78 is 2.47. The number of fused-ring (bicyclic) bond motifs is 7. The van der Waals surface area contributed by atoms with Gasteiger partial charge >= 0.3 is 0 Å². The molecule has 10 aromatic carbocycles. The van der Waals surface area contributed by atoms with Crippen molar-refractivity contribution in [3.05, 3.63) is 181 Å². The van der Waals surface area contributed by atoms with Crippen LogP contribution in [0.15, 0.2) is 196 Å². The molecule has 0 saturated heterocycles. The van der Waals surface area contributed by atoms with Crippen LogP contribution in [0.3, 0.4) is 0 Å². The van der Waals surface area contributed by atoms with Crippen LogP contribution in [-0.2, 0) is 5.41 Å². The molecule has 11 aromatic rings. The van der Waals surface area contributed by atoms with Crippen molar-refractivity contribution in [2.45, 2.75) is 45.8 Å². The minimum atomic E-state index is 0.0962. The van der Waals surface area contributed by atoms with Gasteiger partial charge in [0, 0.05) is 36.0 Å². The van der Waals surface area contributed by atoms with Crippen molar-refractivity contribution in [1.82, 2.24) is 4.57 Å². The number of nitrogens with zero attached hydrogens (tertiary/aromatic N) is 1. The summed E-state index contributed by atoms with van der Waals surface area (Å²) >= 11 is 3.87. The molecule has 13 rings (SSSR count). The monoisotopic (exact) mass is 799 g/mol. The molecule has 0 N–H and O–H groups in total. The van der Waals surface area contributed by atoms with Crippen LogP contribution in [0.25, 0.3) is 82.1 Å². The number of benzene rings is 10. The van der Waals surface area contributed by atoms with Crippen LogP contribution in [0.1, 0.15) is 26.3 Å². The molecule has 0 aliphatic carbocycles. The Hall–Kier alpha value is -6.20. The third-order valence-electron chi connectivity index (χ3n) is 13.1. The molecule has 0 spiro atoms. The summed E-state index contributed by atoms with van der Waals surface area (Å²) in [6.07, 6.45) is 0. The Bertz CT molecular complexity index is 3460. The summed E-state index contributed by atoms with van der Waals surface area (Å²) in [6, 6.07) is 66.9. The molecule has 2 aliphatic rings. The smallest absolute Gasteiger partial charge is 0.247 e. The van der Waals surface area contributed by atoms with Gasteiger partial charge in [0.25, 0.3) is 0 Å². The Morgan fingerprint density at radius 2 is 0.900 bits per heavy atom. The van der Waals surface area contributed by atoms with Gasteiger partial charge < -0.3 is 4.57 Å². The van der Waals surface area contributed by atoms with E-state index in [0.717, 1.165) is 0 Å². The SMILES string of the molecule is CC(C)(C)c1cc2ccc3cc(-c4ccc5c(c4)B4c6cc(-c7ccccc7)ccc6Sc6cc(-n7c8ccccc8c8ccccc87)cc(c64)S5)cc4ccc(c1)c2c34. The fourth-order valence-corrected chi connectivity index (χ4v) is 12.7. The second-order valence-electron chi connectivity index (χ2n) is 17.7. The van der Waals surface area contributed by atoms with E-state index in [9.17, 15) is 0 Å². The van der Waals surface area contributed by atoms with Gasteiger partial charge in [-0.1, -0.05) is 183 Å². The predicted molar refractivity (Wildman–Crippen MR) is 260 cm³/mol. The minimum Gasteiger partial charge on any atom is -0.309 e. The van der Waals surface area contributed by atoms with E-state index in [1.54, 1.807) is 0 Å². The van der Waals surface area contributed by atoms with Crippen molar-refractivity contribution in [3.63, 3.8) is 0 Å². The normalized spacial score (nSPS) is 13.4. The molecule has 282 valence electrons. The zero-order chi connectivity index (χ0) is 39.9. The van der Waals surface area contributed by atoms with Crippen molar-refractivity contribution in [3.8, 4) is 27.9 Å². The lowest BCUT2D eigenvalue weighted by Gasteiger charge is -2.34. The Morgan fingerprint density at radius 1 is 0.417 bits per heavy atom. The number of hydrogen-bond donors (Lipinski definition) is 0. The van der Waals surface area contributed by atoms with Crippen molar-refractivity contribution >= 4 is 101 Å². The Kier molecular flexibility index (Phi) is 7.31. The molecular weight excluding hydrogens is 762 g/mol. The van der Waals surface area contributed by atoms with E-state index in [0.29, 0.717) is 0 Å². The zero-order valence-electron chi connectivity index (χ0n) is 33.6. The Balaban J connectivity index is 1.00. The number of aromatic nitrogens is 1. The van der Waals surface area contributed by atoms with Gasteiger partial charge in [0.1, 0.15) is 0 Å². The van der Waals surface area contributed by atoms with Gasteiger partial charge in [0.15, 0.2) is 0 Å². The molecule has 0 unspecified atom stereocenters. The highest BCUT2D eigenvalue weighted by atomic mass is 32.2. The highest BCUT2D eigenvalue weighted by Gasteiger charge is 2.39. The molecule has 4 heteroatoms. The molecule has 1 nitrogen and oxygen atoms in total. The molecule has 0 atom stereocenters. The molecule has 1 aromatic heterocycles. The summed E-state index contributed by atoms with van der Waals surface area (Å²) in [5.41, 5.74) is 14.4. The lowest BCUT2D eigenvalue weighted by atomic mass is 9.36. The molecule has 2 aliphatic heterocycles. The fourth-order valence-electron chi connectivity index (χ4n) is 10.2. The summed E-state index contributed by atoms with van der Waals surface area (Å²) in [5.74, 6) is 0. The molecule has 0 amide bonds. The van der Waals surface area contributed by atoms with Gasteiger partial charge in [0.05, 0.1) is 11.0 Å². The zero-order valence-corrected chi connectivity index (χ0v) is 35.2. The van der Waals surface area contributed by atoms with Crippen LogP contribution in [-0.4, -0.2) is 11.3 Å². The van der Waals surface area contributed by atoms with Crippen molar-refractivity contribution in [2.24, 2.45) is 0 Å². The lowest BCUT2D eigenvalue weighted by Crippen LogP contribution is -2.58. The molecule has 0 radical (unpaired) electrons. The first-order valence-electron chi connectivity index (χ1n) is 20.9. The highest BCUT2D eigenvalue weighted by molar-refractivity contribution is 8.01. The molecule has 3 heterocycles. The van der Waals surface area contributed by atoms with Crippen LogP contribution < -0.4 is 16.4 Å². The Morgan fingerprint density at radius 3 is 1.43 bits per heavy atom. The largest absolute Gasteiger partial charge is 0.309 e. The summed E-state index contributed by atoms with van der Waals surface area (Å²) in [4.78, 5) is 5.35. The predicted octanol–water partition coefficient (Wildman–Crippen LogP) is 13.8. The number of para-hydroxylation sites is 2. The van der Waals surface area contributed by atoms with E-state index >= 15 is 0 Å². The van der Waals surface area contributed by atoms with Gasteiger partial charge in [-0.2, -0.15) is 0 Å². The van der Waals surface area contributed by atoms with Crippen LogP contribution in [0, 0.1) is 0 Å². The van der Waals surface area contributed by atoms with E-state index in [4.69, 9.17) is 0 Å². The minimum absolute atomic E-state index is 0.0962. The van der Waals surface area contributed by atoms with Gasteiger partial charge in [-0.15, -0.1) is 0 Å². The molecule has 0 bridgehead atoms. The van der Waals surface area contributed by atoms with E-state index in [2.05, 4.69) is 201 Å². The third-order valence-corrected chi connectivity index (χ3v) is 15.4. The summed E-state index contributed by atoms with van der Waals surface area (Å²) in [7, 11) is 0. The number of hydrogen-bond acceptors (Lipinski definition) is 2. The fraction of sp³-hybridized carbons (Fsp3) is 0.0714. The lowest BCUT2D eigenvalue weighted by molar-refractivity contribution is 0.591. The standard InChI is InChI=1S/C56H38BNS2/c1-56(2,3)41-27-38-19-17-36-25-40(26-37-18-20-39(28-41)54(38)53(36)37)35-22-24-50-46(30-35)57-45-29-34(33-11-5-4-6-12-33)21-23-49(45)59-51-31-42(32-52(60-50)55(51)57)58-47-15-9-7-13-43(47)44-14-8-10-16-48(44)58/h4-32H,1-3H3. The maximum absolute atomic E-state index is 2.51. The van der Waals surface area contributed by atoms with Crippen LogP contribution in [0.4, 0.5) is 0 Å². The van der Waals surface area contributed by atoms with Crippen LogP contribution in [0.2, 0.25) is 0 Å². The molecule has 0 fully saturated rings. The topological polar surface area (TPSA) is 4.93 Å². The average Bonchev–Trinajstić information content (AvgIpc) is 3.62. The third kappa shape index (κ3) is 5.11. The summed E-state index contributed by atoms with van der Waals surface area (Å²) in [5, 5.41) is 10.6. The van der Waals surface area contributed by atoms with Gasteiger partial charge in [0.2, 0.25) is 6.71 Å². The van der Waals surface area contributed by atoms with Gasteiger partial charge in [-0.3, -0.25) is 0 Å². The first-order valence-corrected chi connectivity index (χ1v) is 22.6. The molecule has 60 heavy (non-hydrogen) atoms. The maximum atomic E-state index is 2.51. The summed E-state index contributed by atoms with van der Waals surface area (Å²) in [6.45, 7) is 7.03. The van der Waals surface area contributed by atoms with E-state index in [-0.39, 0.29) is 12.1 Å². The van der Waals surface area contributed by atoms with Crippen molar-refractivity contribution in [2.75, 3.05) is 0 Å². The molecule has 0 saturated carbocycles. The van der Waals surface area contributed by atoms with Crippen LogP contribution in [0.5, 0.6) is 0 Å². The first kappa shape index (κ1) is 34.6. The van der Waals surface area contributed by atoms with E-state index in [1.165, 1.54) is 124 Å². The van der Waals surface area contributed by atoms with Crippen molar-refractivity contribution < 1.29 is 0 Å². The van der Waals surface area contributed by atoms with Gasteiger partial charge in [-0.25, -0.2) is 0 Å². The van der Waals surface area contributed by atoms with E-state index < -0.39 is 0 Å². The average molecular weight is 800 g/mol. The first-order chi connectivity index (χ1) is 29.3. The Labute approximate surface area is 358 Å². The highest BCUT2D eigenvalue weighted by Crippen LogP contribution is 2.44. The maximum Gasteiger partial charge on any atom is 0.247 e. The van der Waals surface area contributed by atoms with Crippen LogP contribution >= 0.6 is 23.5 Å². The van der Waals surface area contributed by atoms with Gasteiger partial charge in [-0.05, 0) is 120 Å². The van der Waals surface area contributed by atoms with E-state index in [1.807, 2.05) is 23.5 Å². The van der Waals surface area contributed by atoms with Crippen molar-refractivity contribution in [1.29, 1.82) is 0 Å². The quantitative estimate of drug-likeness (QED) is 0.130. The second-order valence-corrected chi connectivity index (χ2v) is 19.9. The molecular formula is C56H38BNS2. The second kappa shape index (κ2) is 12.7. The number of rotatable bonds is 3.